The van der Waals surface area contributed by atoms with Crippen LogP contribution in [0.4, 0.5) is 10.1 Å². The summed E-state index contributed by atoms with van der Waals surface area (Å²) in [6, 6.07) is 8.73. The van der Waals surface area contributed by atoms with Gasteiger partial charge in [-0.05, 0) is 36.4 Å². The Labute approximate surface area is 121 Å². The van der Waals surface area contributed by atoms with E-state index in [2.05, 4.69) is 0 Å². The van der Waals surface area contributed by atoms with Crippen LogP contribution in [0.25, 0.3) is 0 Å². The fourth-order valence-electron chi connectivity index (χ4n) is 2.21. The Morgan fingerprint density at radius 3 is 2.52 bits per heavy atom. The fourth-order valence-corrected chi connectivity index (χ4v) is 2.21. The molecule has 2 aromatic rings. The van der Waals surface area contributed by atoms with Crippen molar-refractivity contribution in [3.05, 3.63) is 53.3 Å². The summed E-state index contributed by atoms with van der Waals surface area (Å²) in [5, 5.41) is 0. The smallest absolute Gasteiger partial charge is 0.193 e. The summed E-state index contributed by atoms with van der Waals surface area (Å²) in [7, 11) is 0. The molecule has 3 rings (SSSR count). The topological polar surface area (TPSA) is 61.6 Å². The first-order valence-electron chi connectivity index (χ1n) is 6.64. The van der Waals surface area contributed by atoms with E-state index >= 15 is 0 Å². The van der Waals surface area contributed by atoms with Gasteiger partial charge in [-0.1, -0.05) is 0 Å². The molecule has 0 spiro atoms. The molecule has 0 unspecified atom stereocenters. The average molecular weight is 287 g/mol. The SMILES string of the molecule is Nc1cc(F)cc(C(=O)c2ccc3c(c2)OCCCO3)c1. The molecule has 0 fully saturated rings. The highest BCUT2D eigenvalue weighted by Gasteiger charge is 2.16. The Kier molecular flexibility index (Phi) is 3.48. The predicted octanol–water partition coefficient (Wildman–Crippen LogP) is 2.80. The molecular weight excluding hydrogens is 273 g/mol. The number of halogens is 1. The zero-order chi connectivity index (χ0) is 14.8. The van der Waals surface area contributed by atoms with Gasteiger partial charge in [-0.3, -0.25) is 4.79 Å². The van der Waals surface area contributed by atoms with Crippen LogP contribution in [0, 0.1) is 5.82 Å². The third-order valence-electron chi connectivity index (χ3n) is 3.19. The second kappa shape index (κ2) is 5.44. The van der Waals surface area contributed by atoms with Gasteiger partial charge in [0.2, 0.25) is 0 Å². The van der Waals surface area contributed by atoms with E-state index in [4.69, 9.17) is 15.2 Å². The number of carbonyl (C=O) groups is 1. The van der Waals surface area contributed by atoms with Crippen LogP contribution < -0.4 is 15.2 Å². The Hall–Kier alpha value is -2.56. The summed E-state index contributed by atoms with van der Waals surface area (Å²) in [5.41, 5.74) is 6.40. The Bertz CT molecular complexity index is 680. The number of benzene rings is 2. The maximum atomic E-state index is 13.4. The summed E-state index contributed by atoms with van der Waals surface area (Å²) in [6.07, 6.45) is 0.790. The zero-order valence-electron chi connectivity index (χ0n) is 11.3. The molecule has 1 aliphatic heterocycles. The Balaban J connectivity index is 1.96. The van der Waals surface area contributed by atoms with Gasteiger partial charge in [0.1, 0.15) is 5.82 Å². The van der Waals surface area contributed by atoms with Gasteiger partial charge in [-0.25, -0.2) is 4.39 Å². The van der Waals surface area contributed by atoms with E-state index in [9.17, 15) is 9.18 Å². The lowest BCUT2D eigenvalue weighted by Gasteiger charge is -2.09. The van der Waals surface area contributed by atoms with Gasteiger partial charge in [0, 0.05) is 23.2 Å². The van der Waals surface area contributed by atoms with Gasteiger partial charge in [-0.2, -0.15) is 0 Å². The van der Waals surface area contributed by atoms with Crippen molar-refractivity contribution in [3.63, 3.8) is 0 Å². The van der Waals surface area contributed by atoms with Crippen molar-refractivity contribution in [2.24, 2.45) is 0 Å². The highest BCUT2D eigenvalue weighted by molar-refractivity contribution is 6.09. The number of hydrogen-bond donors (Lipinski definition) is 1. The number of ketones is 1. The number of carbonyl (C=O) groups excluding carboxylic acids is 1. The Morgan fingerprint density at radius 1 is 1.00 bits per heavy atom. The van der Waals surface area contributed by atoms with Crippen LogP contribution in [-0.4, -0.2) is 19.0 Å². The summed E-state index contributed by atoms with van der Waals surface area (Å²) in [6.45, 7) is 1.12. The van der Waals surface area contributed by atoms with Gasteiger partial charge < -0.3 is 15.2 Å². The third kappa shape index (κ3) is 2.81. The quantitative estimate of drug-likeness (QED) is 0.681. The monoisotopic (exact) mass is 287 g/mol. The van der Waals surface area contributed by atoms with Gasteiger partial charge in [0.25, 0.3) is 0 Å². The molecular formula is C16H14FNO3. The van der Waals surface area contributed by atoms with Gasteiger partial charge in [0.15, 0.2) is 17.3 Å². The molecule has 5 heteroatoms. The van der Waals surface area contributed by atoms with Crippen LogP contribution >= 0.6 is 0 Å². The number of ether oxygens (including phenoxy) is 2. The molecule has 0 atom stereocenters. The molecule has 21 heavy (non-hydrogen) atoms. The van der Waals surface area contributed by atoms with E-state index in [1.54, 1.807) is 18.2 Å². The number of anilines is 1. The predicted molar refractivity (Wildman–Crippen MR) is 76.3 cm³/mol. The number of hydrogen-bond acceptors (Lipinski definition) is 4. The minimum absolute atomic E-state index is 0.210. The zero-order valence-corrected chi connectivity index (χ0v) is 11.3. The van der Waals surface area contributed by atoms with Crippen LogP contribution in [0.15, 0.2) is 36.4 Å². The number of rotatable bonds is 2. The van der Waals surface area contributed by atoms with Crippen LogP contribution in [0.2, 0.25) is 0 Å². The molecule has 0 saturated carbocycles. The summed E-state index contributed by atoms with van der Waals surface area (Å²) in [5.74, 6) is 0.301. The molecule has 1 heterocycles. The molecule has 0 saturated heterocycles. The number of fused-ring (bicyclic) bond motifs is 1. The van der Waals surface area contributed by atoms with Crippen LogP contribution in [0.3, 0.4) is 0 Å². The van der Waals surface area contributed by atoms with Crippen LogP contribution in [-0.2, 0) is 0 Å². The Morgan fingerprint density at radius 2 is 1.76 bits per heavy atom. The fraction of sp³-hybridized carbons (Fsp3) is 0.188. The van der Waals surface area contributed by atoms with Crippen molar-refractivity contribution in [2.45, 2.75) is 6.42 Å². The molecule has 108 valence electrons. The molecule has 0 aromatic heterocycles. The van der Waals surface area contributed by atoms with Crippen LogP contribution in [0.5, 0.6) is 11.5 Å². The lowest BCUT2D eigenvalue weighted by atomic mass is 10.0. The second-order valence-electron chi connectivity index (χ2n) is 4.81. The molecule has 2 N–H and O–H groups in total. The van der Waals surface area contributed by atoms with Crippen molar-refractivity contribution < 1.29 is 18.7 Å². The molecule has 0 aliphatic carbocycles. The first-order chi connectivity index (χ1) is 10.1. The van der Waals surface area contributed by atoms with Crippen molar-refractivity contribution >= 4 is 11.5 Å². The van der Waals surface area contributed by atoms with E-state index in [-0.39, 0.29) is 17.0 Å². The van der Waals surface area contributed by atoms with E-state index in [1.807, 2.05) is 0 Å². The minimum atomic E-state index is -0.535. The largest absolute Gasteiger partial charge is 0.490 e. The lowest BCUT2D eigenvalue weighted by molar-refractivity contribution is 0.103. The van der Waals surface area contributed by atoms with Gasteiger partial charge in [0.05, 0.1) is 13.2 Å². The minimum Gasteiger partial charge on any atom is -0.490 e. The van der Waals surface area contributed by atoms with Crippen molar-refractivity contribution in [1.29, 1.82) is 0 Å². The molecule has 2 aromatic carbocycles. The van der Waals surface area contributed by atoms with Gasteiger partial charge >= 0.3 is 0 Å². The van der Waals surface area contributed by atoms with Crippen LogP contribution in [0.1, 0.15) is 22.3 Å². The highest BCUT2D eigenvalue weighted by Crippen LogP contribution is 2.31. The third-order valence-corrected chi connectivity index (χ3v) is 3.19. The molecule has 0 radical (unpaired) electrons. The van der Waals surface area contributed by atoms with E-state index < -0.39 is 5.82 Å². The van der Waals surface area contributed by atoms with E-state index in [0.29, 0.717) is 30.3 Å². The molecule has 0 amide bonds. The summed E-state index contributed by atoms with van der Waals surface area (Å²) in [4.78, 5) is 12.4. The summed E-state index contributed by atoms with van der Waals surface area (Å²) < 4.78 is 24.4. The second-order valence-corrected chi connectivity index (χ2v) is 4.81. The number of nitrogen functional groups attached to an aromatic ring is 1. The molecule has 1 aliphatic rings. The molecule has 0 bridgehead atoms. The van der Waals surface area contributed by atoms with E-state index in [1.165, 1.54) is 18.2 Å². The van der Waals surface area contributed by atoms with Gasteiger partial charge in [-0.15, -0.1) is 0 Å². The van der Waals surface area contributed by atoms with Crippen molar-refractivity contribution in [3.8, 4) is 11.5 Å². The normalized spacial score (nSPS) is 13.6. The molecule has 4 nitrogen and oxygen atoms in total. The maximum absolute atomic E-state index is 13.4. The lowest BCUT2D eigenvalue weighted by Crippen LogP contribution is -2.04. The first kappa shape index (κ1) is 13.4. The van der Waals surface area contributed by atoms with Crippen molar-refractivity contribution in [1.82, 2.24) is 0 Å². The maximum Gasteiger partial charge on any atom is 0.193 e. The summed E-state index contributed by atoms with van der Waals surface area (Å²) >= 11 is 0. The highest BCUT2D eigenvalue weighted by atomic mass is 19.1. The van der Waals surface area contributed by atoms with E-state index in [0.717, 1.165) is 6.42 Å². The standard InChI is InChI=1S/C16H14FNO3/c17-12-6-11(7-13(18)9-12)16(19)10-2-3-14-15(8-10)21-5-1-4-20-14/h2-3,6-9H,1,4-5,18H2. The number of nitrogens with two attached hydrogens (primary N) is 1. The van der Waals surface area contributed by atoms with Crippen molar-refractivity contribution in [2.75, 3.05) is 18.9 Å². The average Bonchev–Trinajstić information content (AvgIpc) is 2.69. The first-order valence-corrected chi connectivity index (χ1v) is 6.64.